The number of hydrogen-bond donors (Lipinski definition) is 2. The standard InChI is InChI=1S/C13H13FN4O3/c1-20-10-4-7(2-3-8(10)14)12-17-13(21-18-12)9-5-16-11(19)6-15-9/h2-4,9,15H,5-6H2,1H3,(H,16,19). The monoisotopic (exact) mass is 292 g/mol. The molecule has 110 valence electrons. The molecule has 1 saturated heterocycles. The number of aromatic nitrogens is 2. The maximum Gasteiger partial charge on any atom is 0.245 e. The molecule has 1 aromatic carbocycles. The van der Waals surface area contributed by atoms with E-state index in [0.717, 1.165) is 0 Å². The minimum Gasteiger partial charge on any atom is -0.494 e. The number of piperazine rings is 1. The van der Waals surface area contributed by atoms with Gasteiger partial charge in [-0.2, -0.15) is 4.98 Å². The van der Waals surface area contributed by atoms with Gasteiger partial charge in [0.05, 0.1) is 13.7 Å². The highest BCUT2D eigenvalue weighted by molar-refractivity contribution is 5.78. The number of rotatable bonds is 3. The fourth-order valence-electron chi connectivity index (χ4n) is 2.03. The molecule has 1 aromatic heterocycles. The highest BCUT2D eigenvalue weighted by Gasteiger charge is 2.24. The van der Waals surface area contributed by atoms with Gasteiger partial charge in [-0.25, -0.2) is 4.39 Å². The van der Waals surface area contributed by atoms with Crippen molar-refractivity contribution in [1.82, 2.24) is 20.8 Å². The van der Waals surface area contributed by atoms with E-state index >= 15 is 0 Å². The molecule has 2 heterocycles. The molecule has 1 unspecified atom stereocenters. The number of benzene rings is 1. The van der Waals surface area contributed by atoms with E-state index in [1.54, 1.807) is 6.07 Å². The van der Waals surface area contributed by atoms with Gasteiger partial charge in [0.15, 0.2) is 11.6 Å². The van der Waals surface area contributed by atoms with Crippen LogP contribution < -0.4 is 15.4 Å². The summed E-state index contributed by atoms with van der Waals surface area (Å²) in [7, 11) is 1.39. The van der Waals surface area contributed by atoms with Crippen LogP contribution in [0.1, 0.15) is 11.9 Å². The van der Waals surface area contributed by atoms with Crippen molar-refractivity contribution in [2.24, 2.45) is 0 Å². The summed E-state index contributed by atoms with van der Waals surface area (Å²) in [6.45, 7) is 0.583. The quantitative estimate of drug-likeness (QED) is 0.863. The Morgan fingerprint density at radius 2 is 2.33 bits per heavy atom. The number of ether oxygens (including phenoxy) is 1. The summed E-state index contributed by atoms with van der Waals surface area (Å²) in [6.07, 6.45) is 0. The molecule has 0 spiro atoms. The number of carbonyl (C=O) groups is 1. The van der Waals surface area contributed by atoms with Gasteiger partial charge < -0.3 is 14.6 Å². The van der Waals surface area contributed by atoms with Crippen LogP contribution in [0, 0.1) is 5.82 Å². The molecule has 2 aromatic rings. The van der Waals surface area contributed by atoms with Crippen LogP contribution in [0.2, 0.25) is 0 Å². The van der Waals surface area contributed by atoms with Crippen LogP contribution >= 0.6 is 0 Å². The van der Waals surface area contributed by atoms with E-state index in [4.69, 9.17) is 9.26 Å². The minimum absolute atomic E-state index is 0.0748. The summed E-state index contributed by atoms with van der Waals surface area (Å²) in [5.74, 6) is 0.285. The molecule has 1 atom stereocenters. The van der Waals surface area contributed by atoms with Gasteiger partial charge in [-0.05, 0) is 18.2 Å². The van der Waals surface area contributed by atoms with Crippen molar-refractivity contribution in [2.75, 3.05) is 20.2 Å². The lowest BCUT2D eigenvalue weighted by atomic mass is 10.2. The second-order valence-electron chi connectivity index (χ2n) is 4.54. The van der Waals surface area contributed by atoms with Gasteiger partial charge in [0.2, 0.25) is 17.6 Å². The van der Waals surface area contributed by atoms with Crippen molar-refractivity contribution in [3.63, 3.8) is 0 Å². The smallest absolute Gasteiger partial charge is 0.245 e. The Labute approximate surface area is 119 Å². The van der Waals surface area contributed by atoms with E-state index in [9.17, 15) is 9.18 Å². The van der Waals surface area contributed by atoms with Crippen LogP contribution in [0.3, 0.4) is 0 Å². The van der Waals surface area contributed by atoms with E-state index in [0.29, 0.717) is 23.8 Å². The summed E-state index contributed by atoms with van der Waals surface area (Å²) in [5, 5.41) is 9.56. The lowest BCUT2D eigenvalue weighted by Crippen LogP contribution is -2.47. The average Bonchev–Trinajstić information content (AvgIpc) is 2.98. The number of nitrogens with zero attached hydrogens (tertiary/aromatic N) is 2. The first-order valence-electron chi connectivity index (χ1n) is 6.35. The molecular weight excluding hydrogens is 279 g/mol. The van der Waals surface area contributed by atoms with Crippen LogP contribution in [0.4, 0.5) is 4.39 Å². The summed E-state index contributed by atoms with van der Waals surface area (Å²) in [5.41, 5.74) is 0.586. The first-order valence-corrected chi connectivity index (χ1v) is 6.35. The molecule has 0 saturated carbocycles. The number of amides is 1. The highest BCUT2D eigenvalue weighted by Crippen LogP contribution is 2.25. The van der Waals surface area contributed by atoms with Crippen molar-refractivity contribution in [3.05, 3.63) is 29.9 Å². The van der Waals surface area contributed by atoms with Crippen molar-refractivity contribution in [1.29, 1.82) is 0 Å². The molecule has 0 bridgehead atoms. The third-order valence-corrected chi connectivity index (χ3v) is 3.16. The summed E-state index contributed by atoms with van der Waals surface area (Å²) in [4.78, 5) is 15.3. The zero-order chi connectivity index (χ0) is 14.8. The zero-order valence-corrected chi connectivity index (χ0v) is 11.2. The van der Waals surface area contributed by atoms with Crippen LogP contribution in [0.25, 0.3) is 11.4 Å². The lowest BCUT2D eigenvalue weighted by Gasteiger charge is -2.20. The van der Waals surface area contributed by atoms with Crippen LogP contribution in [-0.4, -0.2) is 36.2 Å². The van der Waals surface area contributed by atoms with Gasteiger partial charge >= 0.3 is 0 Å². The molecule has 1 aliphatic rings. The Balaban J connectivity index is 1.83. The predicted octanol–water partition coefficient (Wildman–Crippen LogP) is 0.645. The molecule has 0 radical (unpaired) electrons. The number of hydrogen-bond acceptors (Lipinski definition) is 6. The van der Waals surface area contributed by atoms with E-state index in [1.807, 2.05) is 0 Å². The number of nitrogens with one attached hydrogen (secondary N) is 2. The number of methoxy groups -OCH3 is 1. The molecule has 8 heteroatoms. The summed E-state index contributed by atoms with van der Waals surface area (Å²) >= 11 is 0. The average molecular weight is 292 g/mol. The minimum atomic E-state index is -0.457. The molecule has 0 aliphatic carbocycles. The molecule has 2 N–H and O–H groups in total. The zero-order valence-electron chi connectivity index (χ0n) is 11.2. The topological polar surface area (TPSA) is 89.3 Å². The van der Waals surface area contributed by atoms with Gasteiger partial charge in [-0.15, -0.1) is 0 Å². The van der Waals surface area contributed by atoms with Crippen molar-refractivity contribution in [2.45, 2.75) is 6.04 Å². The predicted molar refractivity (Wildman–Crippen MR) is 70.0 cm³/mol. The van der Waals surface area contributed by atoms with Crippen LogP contribution in [0.5, 0.6) is 5.75 Å². The van der Waals surface area contributed by atoms with Crippen LogP contribution in [0.15, 0.2) is 22.7 Å². The van der Waals surface area contributed by atoms with E-state index in [-0.39, 0.29) is 24.2 Å². The van der Waals surface area contributed by atoms with Gasteiger partial charge in [0.1, 0.15) is 6.04 Å². The van der Waals surface area contributed by atoms with E-state index in [2.05, 4.69) is 20.8 Å². The van der Waals surface area contributed by atoms with Gasteiger partial charge in [-0.1, -0.05) is 5.16 Å². The number of halogens is 1. The Hall–Kier alpha value is -2.48. The molecule has 3 rings (SSSR count). The molecule has 1 amide bonds. The number of carbonyl (C=O) groups excluding carboxylic acids is 1. The van der Waals surface area contributed by atoms with Crippen molar-refractivity contribution >= 4 is 5.91 Å². The van der Waals surface area contributed by atoms with Gasteiger partial charge in [0.25, 0.3) is 0 Å². The molecular formula is C13H13FN4O3. The highest BCUT2D eigenvalue weighted by atomic mass is 19.1. The third-order valence-electron chi connectivity index (χ3n) is 3.16. The van der Waals surface area contributed by atoms with E-state index < -0.39 is 5.82 Å². The maximum atomic E-state index is 13.4. The van der Waals surface area contributed by atoms with Crippen molar-refractivity contribution < 1.29 is 18.4 Å². The molecule has 7 nitrogen and oxygen atoms in total. The largest absolute Gasteiger partial charge is 0.494 e. The van der Waals surface area contributed by atoms with E-state index in [1.165, 1.54) is 19.2 Å². The lowest BCUT2D eigenvalue weighted by molar-refractivity contribution is -0.121. The second-order valence-corrected chi connectivity index (χ2v) is 4.54. The fraction of sp³-hybridized carbons (Fsp3) is 0.308. The van der Waals surface area contributed by atoms with Crippen molar-refractivity contribution in [3.8, 4) is 17.1 Å². The Morgan fingerprint density at radius 3 is 3.05 bits per heavy atom. The summed E-state index contributed by atoms with van der Waals surface area (Å²) in [6, 6.07) is 4.09. The maximum absolute atomic E-state index is 13.4. The second kappa shape index (κ2) is 5.49. The SMILES string of the molecule is COc1cc(-c2noc(C3CNC(=O)CN3)n2)ccc1F. The third kappa shape index (κ3) is 2.70. The fourth-order valence-corrected chi connectivity index (χ4v) is 2.03. The van der Waals surface area contributed by atoms with Gasteiger partial charge in [-0.3, -0.25) is 10.1 Å². The molecule has 1 aliphatic heterocycles. The Bertz CT molecular complexity index is 663. The van der Waals surface area contributed by atoms with Gasteiger partial charge in [0, 0.05) is 12.1 Å². The molecule has 1 fully saturated rings. The Kier molecular flexibility index (Phi) is 3.53. The van der Waals surface area contributed by atoms with Crippen LogP contribution in [-0.2, 0) is 4.79 Å². The first kappa shape index (κ1) is 13.5. The summed E-state index contributed by atoms with van der Waals surface area (Å²) < 4.78 is 23.5. The molecule has 21 heavy (non-hydrogen) atoms. The normalized spacial score (nSPS) is 18.4. The Morgan fingerprint density at radius 1 is 1.48 bits per heavy atom. The first-order chi connectivity index (χ1) is 10.2.